The minimum Gasteiger partial charge on any atom is -0.462 e. The number of hydrogen-bond donors (Lipinski definition) is 3. The van der Waals surface area contributed by atoms with E-state index < -0.39 is 92.1 Å². The lowest BCUT2D eigenvalue weighted by molar-refractivity contribution is -0.179. The minimum absolute atomic E-state index is 0.0266. The first-order chi connectivity index (χ1) is 23.1. The van der Waals surface area contributed by atoms with Gasteiger partial charge in [-0.05, 0) is 65.7 Å². The number of para-hydroxylation sites is 1. The van der Waals surface area contributed by atoms with Crippen LogP contribution in [-0.4, -0.2) is 76.1 Å². The summed E-state index contributed by atoms with van der Waals surface area (Å²) < 4.78 is 79.3. The summed E-state index contributed by atoms with van der Waals surface area (Å²) in [6.07, 6.45) is -7.42. The predicted octanol–water partition coefficient (Wildman–Crippen LogP) is 3.95. The van der Waals surface area contributed by atoms with E-state index in [4.69, 9.17) is 33.7 Å². The van der Waals surface area contributed by atoms with Crippen molar-refractivity contribution in [3.63, 3.8) is 0 Å². The highest BCUT2D eigenvalue weighted by Crippen LogP contribution is 2.49. The summed E-state index contributed by atoms with van der Waals surface area (Å²) in [6, 6.07) is 5.97. The first-order valence-electron chi connectivity index (χ1n) is 15.7. The van der Waals surface area contributed by atoms with E-state index in [2.05, 4.69) is 15.4 Å². The molecule has 0 saturated carbocycles. The zero-order valence-electron chi connectivity index (χ0n) is 29.0. The van der Waals surface area contributed by atoms with Crippen molar-refractivity contribution in [2.45, 2.75) is 104 Å². The fourth-order valence-electron chi connectivity index (χ4n) is 4.49. The molecule has 3 rings (SSSR count). The molecule has 1 fully saturated rings. The van der Waals surface area contributed by atoms with Crippen LogP contribution in [-0.2, 0) is 37.6 Å². The van der Waals surface area contributed by atoms with Gasteiger partial charge in [-0.1, -0.05) is 32.0 Å². The van der Waals surface area contributed by atoms with Crippen LogP contribution < -0.4 is 26.4 Å². The number of alkyl halides is 2. The third-order valence-corrected chi connectivity index (χ3v) is 8.37. The molecular weight excluding hydrogens is 687 g/mol. The van der Waals surface area contributed by atoms with Gasteiger partial charge in [0.1, 0.15) is 35.4 Å². The zero-order chi connectivity index (χ0) is 37.6. The summed E-state index contributed by atoms with van der Waals surface area (Å²) >= 11 is 0. The van der Waals surface area contributed by atoms with Crippen LogP contribution in [0.5, 0.6) is 5.75 Å². The van der Waals surface area contributed by atoms with E-state index in [0.717, 1.165) is 12.3 Å². The molecule has 16 nitrogen and oxygen atoms in total. The molecule has 4 N–H and O–H groups in total. The second-order valence-corrected chi connectivity index (χ2v) is 14.7. The average molecular weight is 732 g/mol. The topological polar surface area (TPSA) is 209 Å². The second-order valence-electron chi connectivity index (χ2n) is 13.0. The van der Waals surface area contributed by atoms with E-state index >= 15 is 8.78 Å². The van der Waals surface area contributed by atoms with E-state index in [1.54, 1.807) is 52.8 Å². The van der Waals surface area contributed by atoms with Crippen molar-refractivity contribution in [3.05, 3.63) is 53.1 Å². The van der Waals surface area contributed by atoms with Crippen LogP contribution in [0.4, 0.5) is 19.4 Å². The monoisotopic (exact) mass is 731 g/mol. The highest BCUT2D eigenvalue weighted by molar-refractivity contribution is 7.52. The molecule has 1 aliphatic rings. The van der Waals surface area contributed by atoms with Crippen LogP contribution in [0.2, 0.25) is 0 Å². The van der Waals surface area contributed by atoms with E-state index in [1.165, 1.54) is 32.9 Å². The molecule has 0 aliphatic carbocycles. The lowest BCUT2D eigenvalue weighted by Crippen LogP contribution is -2.51. The number of nitrogens with zero attached hydrogens (tertiary/aromatic N) is 2. The molecule has 0 unspecified atom stereocenters. The van der Waals surface area contributed by atoms with Gasteiger partial charge in [0.25, 0.3) is 0 Å². The maximum Gasteiger partial charge on any atom is 0.459 e. The first-order valence-corrected chi connectivity index (χ1v) is 17.2. The summed E-state index contributed by atoms with van der Waals surface area (Å²) in [5.41, 5.74) is 3.39. The van der Waals surface area contributed by atoms with Crippen LogP contribution in [0.1, 0.15) is 61.6 Å². The van der Waals surface area contributed by atoms with Crippen molar-refractivity contribution in [1.82, 2.24) is 20.0 Å². The number of nitrogens with one attached hydrogen (secondary N) is 2. The fraction of sp³-hybridized carbons (Fsp3) is 0.581. The Morgan fingerprint density at radius 1 is 1.08 bits per heavy atom. The van der Waals surface area contributed by atoms with Crippen molar-refractivity contribution in [3.8, 4) is 5.75 Å². The molecule has 0 radical (unpaired) electrons. The summed E-state index contributed by atoms with van der Waals surface area (Å²) in [5, 5.41) is 4.75. The molecular formula is C31H44F2N5O11P. The summed E-state index contributed by atoms with van der Waals surface area (Å²) in [4.78, 5) is 54.5. The van der Waals surface area contributed by atoms with Gasteiger partial charge in [0.05, 0.1) is 12.7 Å². The molecule has 50 heavy (non-hydrogen) atoms. The molecule has 1 saturated heterocycles. The van der Waals surface area contributed by atoms with Gasteiger partial charge < -0.3 is 34.5 Å². The number of carbonyl (C=O) groups is 3. The molecule has 2 heterocycles. The average Bonchev–Trinajstić information content (AvgIpc) is 3.22. The van der Waals surface area contributed by atoms with Gasteiger partial charge >= 0.3 is 37.4 Å². The van der Waals surface area contributed by atoms with Crippen LogP contribution >= 0.6 is 7.75 Å². The zero-order valence-corrected chi connectivity index (χ0v) is 29.9. The Morgan fingerprint density at radius 2 is 1.72 bits per heavy atom. The number of amides is 1. The molecule has 278 valence electrons. The van der Waals surface area contributed by atoms with Crippen LogP contribution in [0.25, 0.3) is 0 Å². The number of halogens is 2. The van der Waals surface area contributed by atoms with Gasteiger partial charge in [-0.15, -0.1) is 0 Å². The van der Waals surface area contributed by atoms with Gasteiger partial charge in [-0.2, -0.15) is 18.9 Å². The van der Waals surface area contributed by atoms with Crippen molar-refractivity contribution in [2.75, 3.05) is 12.3 Å². The Labute approximate surface area is 287 Å². The highest BCUT2D eigenvalue weighted by atomic mass is 31.2. The second kappa shape index (κ2) is 16.3. The van der Waals surface area contributed by atoms with Gasteiger partial charge in [-0.25, -0.2) is 18.9 Å². The van der Waals surface area contributed by atoms with Crippen LogP contribution in [0.3, 0.4) is 0 Å². The van der Waals surface area contributed by atoms with Gasteiger partial charge in [0.15, 0.2) is 6.10 Å². The molecule has 1 amide bonds. The number of rotatable bonds is 14. The summed E-state index contributed by atoms with van der Waals surface area (Å²) in [5.74, 6) is -7.15. The number of nitrogens with two attached hydrogens (primary N) is 1. The summed E-state index contributed by atoms with van der Waals surface area (Å²) in [7, 11) is -4.62. The molecule has 0 bridgehead atoms. The van der Waals surface area contributed by atoms with E-state index in [9.17, 15) is 23.7 Å². The maximum absolute atomic E-state index is 16.2. The largest absolute Gasteiger partial charge is 0.462 e. The number of aromatic nitrogens is 2. The molecule has 19 heteroatoms. The minimum atomic E-state index is -4.62. The molecule has 6 atom stereocenters. The number of anilines is 1. The van der Waals surface area contributed by atoms with Crippen molar-refractivity contribution < 1.29 is 55.7 Å². The molecule has 0 spiro atoms. The van der Waals surface area contributed by atoms with Gasteiger partial charge in [0, 0.05) is 6.20 Å². The number of hydrogen-bond acceptors (Lipinski definition) is 13. The number of alkyl carbamates (subject to hydrolysis) is 1. The first kappa shape index (κ1) is 40.3. The van der Waals surface area contributed by atoms with Crippen molar-refractivity contribution >= 4 is 31.6 Å². The molecule has 1 aliphatic heterocycles. The molecule has 2 aromatic rings. The smallest absolute Gasteiger partial charge is 0.459 e. The normalized spacial score (nSPS) is 21.2. The maximum atomic E-state index is 16.2. The van der Waals surface area contributed by atoms with E-state index in [0.29, 0.717) is 4.57 Å². The fourth-order valence-corrected chi connectivity index (χ4v) is 5.99. The Morgan fingerprint density at radius 3 is 2.28 bits per heavy atom. The van der Waals surface area contributed by atoms with E-state index in [-0.39, 0.29) is 11.6 Å². The van der Waals surface area contributed by atoms with Gasteiger partial charge in [0.2, 0.25) is 6.23 Å². The Hall–Kier alpha value is -4.12. The number of ether oxygens (including phenoxy) is 4. The number of nitrogen functional groups attached to an aromatic ring is 1. The van der Waals surface area contributed by atoms with Crippen molar-refractivity contribution in [2.24, 2.45) is 5.92 Å². The van der Waals surface area contributed by atoms with E-state index in [1.807, 2.05) is 0 Å². The quantitative estimate of drug-likeness (QED) is 0.143. The molecule has 1 aromatic heterocycles. The van der Waals surface area contributed by atoms with Crippen LogP contribution in [0, 0.1) is 5.92 Å². The lowest BCUT2D eigenvalue weighted by Gasteiger charge is -2.29. The Bertz CT molecular complexity index is 1600. The van der Waals surface area contributed by atoms with Crippen molar-refractivity contribution in [1.29, 1.82) is 0 Å². The number of esters is 2. The lowest BCUT2D eigenvalue weighted by atomic mass is 10.0. The van der Waals surface area contributed by atoms with Gasteiger partial charge in [-0.3, -0.25) is 13.9 Å². The SMILES string of the molecule is CC(C)OC(=O)[C@H](C)N[P@](=O)(OC[C@H]1O[C@@H](n2ccc(N)nc2=O)C(F)(F)[C@@H]1OC(=O)[C@@H](NC(=O)OC(C)(C)C)C(C)C)Oc1ccccc1. The number of carbonyl (C=O) groups excluding carboxylic acids is 3. The van der Waals surface area contributed by atoms with Crippen LogP contribution in [0.15, 0.2) is 47.4 Å². The Kier molecular flexibility index (Phi) is 13.1. The Balaban J connectivity index is 1.97. The highest BCUT2D eigenvalue weighted by Gasteiger charge is 2.63. The molecule has 1 aromatic carbocycles. The third kappa shape index (κ3) is 10.9. The summed E-state index contributed by atoms with van der Waals surface area (Å²) in [6.45, 7) is 11.4. The third-order valence-electron chi connectivity index (χ3n) is 6.72. The number of benzene rings is 1. The standard InChI is InChI=1S/C31H44F2N5O11P/c1-17(2)23(36-29(42)48-30(6,7)8)26(40)47-24-21(46-27(31(24,32)33)38-15-14-22(34)35-28(38)41)16-44-50(43,49-20-12-10-9-11-13-20)37-19(5)25(39)45-18(3)4/h9-15,17-19,21,23-24,27H,16H2,1-8H3,(H,36,42)(H,37,43)(H2,34,35,41)/t19-,21+,23-,24+,27+,50-/m0/s1. The predicted molar refractivity (Wildman–Crippen MR) is 174 cm³/mol.